The SMILES string of the molecule is COc1ccc(NC(=O)c2cc(CNC(=O)C(C)C(F)(F)F)ccc2Cl)cc1C(=O)Nc1ccc(Br)cc1. The van der Waals surface area contributed by atoms with Crippen molar-refractivity contribution in [3.8, 4) is 5.75 Å². The predicted octanol–water partition coefficient (Wildman–Crippen LogP) is 6.43. The normalized spacial score (nSPS) is 11.9. The maximum atomic E-state index is 13.0. The highest BCUT2D eigenvalue weighted by Gasteiger charge is 2.40. The van der Waals surface area contributed by atoms with E-state index in [0.717, 1.165) is 11.4 Å². The van der Waals surface area contributed by atoms with E-state index in [-0.39, 0.29) is 34.1 Å². The Morgan fingerprint density at radius 2 is 1.53 bits per heavy atom. The number of nitrogens with one attached hydrogen (secondary N) is 3. The van der Waals surface area contributed by atoms with Gasteiger partial charge in [-0.1, -0.05) is 33.6 Å². The van der Waals surface area contributed by atoms with E-state index in [0.29, 0.717) is 11.3 Å². The molecule has 0 aliphatic carbocycles. The van der Waals surface area contributed by atoms with Crippen LogP contribution in [0.3, 0.4) is 0 Å². The first-order valence-electron chi connectivity index (χ1n) is 11.1. The third-order valence-corrected chi connectivity index (χ3v) is 6.29. The van der Waals surface area contributed by atoms with Crippen LogP contribution in [0.25, 0.3) is 0 Å². The Hall–Kier alpha value is -3.57. The van der Waals surface area contributed by atoms with Crippen molar-refractivity contribution in [2.75, 3.05) is 17.7 Å². The average Bonchev–Trinajstić information content (AvgIpc) is 2.88. The molecule has 0 aliphatic heterocycles. The maximum Gasteiger partial charge on any atom is 0.400 e. The Morgan fingerprint density at radius 3 is 2.16 bits per heavy atom. The second kappa shape index (κ2) is 12.3. The van der Waals surface area contributed by atoms with Crippen molar-refractivity contribution < 1.29 is 32.3 Å². The summed E-state index contributed by atoms with van der Waals surface area (Å²) >= 11 is 9.50. The van der Waals surface area contributed by atoms with Crippen LogP contribution in [0.5, 0.6) is 5.75 Å². The van der Waals surface area contributed by atoms with Crippen LogP contribution in [0.1, 0.15) is 33.2 Å². The fourth-order valence-electron chi connectivity index (χ4n) is 3.24. The summed E-state index contributed by atoms with van der Waals surface area (Å²) in [7, 11) is 1.41. The second-order valence-electron chi connectivity index (χ2n) is 8.13. The van der Waals surface area contributed by atoms with Gasteiger partial charge in [0.1, 0.15) is 11.7 Å². The third kappa shape index (κ3) is 7.48. The molecule has 3 rings (SSSR count). The van der Waals surface area contributed by atoms with Crippen molar-refractivity contribution in [1.82, 2.24) is 5.32 Å². The minimum Gasteiger partial charge on any atom is -0.496 e. The Labute approximate surface area is 229 Å². The molecule has 3 aromatic rings. The van der Waals surface area contributed by atoms with E-state index < -0.39 is 29.8 Å². The van der Waals surface area contributed by atoms with E-state index >= 15 is 0 Å². The molecule has 12 heteroatoms. The third-order valence-electron chi connectivity index (χ3n) is 5.43. The van der Waals surface area contributed by atoms with Crippen LogP contribution in [0.4, 0.5) is 24.5 Å². The Morgan fingerprint density at radius 1 is 0.921 bits per heavy atom. The number of carbonyl (C=O) groups is 3. The van der Waals surface area contributed by atoms with Crippen LogP contribution >= 0.6 is 27.5 Å². The predicted molar refractivity (Wildman–Crippen MR) is 142 cm³/mol. The molecule has 0 spiro atoms. The van der Waals surface area contributed by atoms with Crippen molar-refractivity contribution in [1.29, 1.82) is 0 Å². The van der Waals surface area contributed by atoms with Crippen LogP contribution < -0.4 is 20.7 Å². The standard InChI is InChI=1S/C26H22BrClF3N3O4/c1-14(26(29,30)31)23(35)32-13-15-3-9-21(28)19(11-15)24(36)34-18-8-10-22(38-2)20(12-18)25(37)33-17-6-4-16(27)5-7-17/h3-12,14H,13H2,1-2H3,(H,32,35)(H,33,37)(H,34,36). The number of alkyl halides is 3. The number of halogens is 5. The summed E-state index contributed by atoms with van der Waals surface area (Å²) in [4.78, 5) is 37.6. The van der Waals surface area contributed by atoms with E-state index in [2.05, 4.69) is 31.9 Å². The number of hydrogen-bond donors (Lipinski definition) is 3. The molecule has 0 saturated carbocycles. The number of benzene rings is 3. The van der Waals surface area contributed by atoms with Gasteiger partial charge >= 0.3 is 6.18 Å². The van der Waals surface area contributed by atoms with E-state index in [9.17, 15) is 27.6 Å². The molecule has 1 unspecified atom stereocenters. The summed E-state index contributed by atoms with van der Waals surface area (Å²) in [6.45, 7) is 0.526. The summed E-state index contributed by atoms with van der Waals surface area (Å²) in [6.07, 6.45) is -4.67. The van der Waals surface area contributed by atoms with E-state index in [1.165, 1.54) is 43.5 Å². The largest absolute Gasteiger partial charge is 0.496 e. The topological polar surface area (TPSA) is 96.5 Å². The molecule has 200 valence electrons. The van der Waals surface area contributed by atoms with Gasteiger partial charge in [0.15, 0.2) is 0 Å². The molecule has 0 heterocycles. The van der Waals surface area contributed by atoms with Crippen molar-refractivity contribution in [3.05, 3.63) is 86.8 Å². The smallest absolute Gasteiger partial charge is 0.400 e. The fraction of sp³-hybridized carbons (Fsp3) is 0.192. The van der Waals surface area contributed by atoms with Gasteiger partial charge in [0.25, 0.3) is 11.8 Å². The van der Waals surface area contributed by atoms with E-state index in [1.807, 2.05) is 0 Å². The van der Waals surface area contributed by atoms with Crippen LogP contribution in [-0.4, -0.2) is 31.0 Å². The molecule has 0 bridgehead atoms. The van der Waals surface area contributed by atoms with Gasteiger partial charge in [-0.3, -0.25) is 14.4 Å². The van der Waals surface area contributed by atoms with Gasteiger partial charge in [0.2, 0.25) is 5.91 Å². The molecule has 0 saturated heterocycles. The minimum atomic E-state index is -4.67. The van der Waals surface area contributed by atoms with Gasteiger partial charge in [-0.15, -0.1) is 0 Å². The number of anilines is 2. The Kier molecular flexibility index (Phi) is 9.40. The Bertz CT molecular complexity index is 1350. The molecule has 3 aromatic carbocycles. The highest BCUT2D eigenvalue weighted by atomic mass is 79.9. The summed E-state index contributed by atoms with van der Waals surface area (Å²) in [5.74, 6) is -4.18. The van der Waals surface area contributed by atoms with Gasteiger partial charge in [0, 0.05) is 22.4 Å². The monoisotopic (exact) mass is 611 g/mol. The molecule has 0 aliphatic rings. The maximum absolute atomic E-state index is 13.0. The molecule has 0 fully saturated rings. The van der Waals surface area contributed by atoms with Gasteiger partial charge in [-0.05, 0) is 67.1 Å². The molecule has 1 atom stereocenters. The quantitative estimate of drug-likeness (QED) is 0.273. The van der Waals surface area contributed by atoms with Crippen molar-refractivity contribution >= 4 is 56.6 Å². The zero-order valence-corrected chi connectivity index (χ0v) is 22.4. The lowest BCUT2D eigenvalue weighted by Crippen LogP contribution is -2.37. The fourth-order valence-corrected chi connectivity index (χ4v) is 3.71. The van der Waals surface area contributed by atoms with Crippen LogP contribution in [0, 0.1) is 5.92 Å². The van der Waals surface area contributed by atoms with Gasteiger partial charge in [0.05, 0.1) is 23.3 Å². The highest BCUT2D eigenvalue weighted by Crippen LogP contribution is 2.27. The second-order valence-corrected chi connectivity index (χ2v) is 9.45. The molecule has 38 heavy (non-hydrogen) atoms. The number of rotatable bonds is 8. The summed E-state index contributed by atoms with van der Waals surface area (Å²) in [5, 5.41) is 7.68. The number of hydrogen-bond acceptors (Lipinski definition) is 4. The van der Waals surface area contributed by atoms with Gasteiger partial charge in [-0.25, -0.2) is 0 Å². The number of methoxy groups -OCH3 is 1. The van der Waals surface area contributed by atoms with E-state index in [4.69, 9.17) is 16.3 Å². The molecule has 0 aromatic heterocycles. The molecule has 3 N–H and O–H groups in total. The van der Waals surface area contributed by atoms with Gasteiger partial charge < -0.3 is 20.7 Å². The number of ether oxygens (including phenoxy) is 1. The Balaban J connectivity index is 1.75. The molecule has 3 amide bonds. The first-order valence-corrected chi connectivity index (χ1v) is 12.2. The zero-order valence-electron chi connectivity index (χ0n) is 20.1. The van der Waals surface area contributed by atoms with Crippen molar-refractivity contribution in [2.45, 2.75) is 19.6 Å². The minimum absolute atomic E-state index is 0.0268. The average molecular weight is 613 g/mol. The van der Waals surface area contributed by atoms with Crippen LogP contribution in [0.15, 0.2) is 65.1 Å². The molecular weight excluding hydrogens is 591 g/mol. The van der Waals surface area contributed by atoms with Crippen LogP contribution in [-0.2, 0) is 11.3 Å². The summed E-state index contributed by atoms with van der Waals surface area (Å²) in [6, 6.07) is 15.7. The number of amides is 3. The summed E-state index contributed by atoms with van der Waals surface area (Å²) < 4.78 is 44.3. The first-order chi connectivity index (χ1) is 17.9. The molecular formula is C26H22BrClF3N3O4. The molecule has 7 nitrogen and oxygen atoms in total. The first kappa shape index (κ1) is 29.0. The lowest BCUT2D eigenvalue weighted by atomic mass is 10.1. The van der Waals surface area contributed by atoms with Crippen molar-refractivity contribution in [3.63, 3.8) is 0 Å². The van der Waals surface area contributed by atoms with E-state index in [1.54, 1.807) is 24.3 Å². The molecule has 0 radical (unpaired) electrons. The summed E-state index contributed by atoms with van der Waals surface area (Å²) in [5.41, 5.74) is 1.38. The lowest BCUT2D eigenvalue weighted by Gasteiger charge is -2.16. The van der Waals surface area contributed by atoms with Crippen LogP contribution in [0.2, 0.25) is 5.02 Å². The highest BCUT2D eigenvalue weighted by molar-refractivity contribution is 9.10. The van der Waals surface area contributed by atoms with Crippen molar-refractivity contribution in [2.24, 2.45) is 5.92 Å². The number of carbonyl (C=O) groups excluding carboxylic acids is 3. The zero-order chi connectivity index (χ0) is 28.0. The lowest BCUT2D eigenvalue weighted by molar-refractivity contribution is -0.178. The van der Waals surface area contributed by atoms with Gasteiger partial charge in [-0.2, -0.15) is 13.2 Å².